The molecule has 3 amide bonds. The standard InChI is InChI=1S/C19H14N4O2/c1-19(16-7-3-5-14(9-16)11-21)17(24)23(18(25)22-19)12-15-6-2-4-13(8-15)10-20/h2-9H,12H2,1H3,(H,22,25)/t19-/m1/s1. The molecule has 0 aliphatic carbocycles. The quantitative estimate of drug-likeness (QED) is 0.874. The molecule has 0 aromatic heterocycles. The number of imide groups is 1. The van der Waals surface area contributed by atoms with E-state index in [0.29, 0.717) is 22.3 Å². The number of carbonyl (C=O) groups is 2. The van der Waals surface area contributed by atoms with Gasteiger partial charge in [-0.3, -0.25) is 9.69 Å². The van der Waals surface area contributed by atoms with E-state index in [9.17, 15) is 9.59 Å². The van der Waals surface area contributed by atoms with E-state index in [-0.39, 0.29) is 6.54 Å². The summed E-state index contributed by atoms with van der Waals surface area (Å²) in [6.07, 6.45) is 0. The Morgan fingerprint density at radius 2 is 1.68 bits per heavy atom. The van der Waals surface area contributed by atoms with Crippen LogP contribution in [0.15, 0.2) is 48.5 Å². The van der Waals surface area contributed by atoms with Crippen molar-refractivity contribution in [3.8, 4) is 12.1 Å². The average molecular weight is 330 g/mol. The lowest BCUT2D eigenvalue weighted by Crippen LogP contribution is -2.40. The summed E-state index contributed by atoms with van der Waals surface area (Å²) >= 11 is 0. The number of benzene rings is 2. The number of nitrogens with zero attached hydrogens (tertiary/aromatic N) is 3. The van der Waals surface area contributed by atoms with Crippen LogP contribution < -0.4 is 5.32 Å². The highest BCUT2D eigenvalue weighted by Gasteiger charge is 2.48. The first kappa shape index (κ1) is 16.2. The van der Waals surface area contributed by atoms with Crippen LogP contribution in [-0.2, 0) is 16.9 Å². The summed E-state index contributed by atoms with van der Waals surface area (Å²) in [5.74, 6) is -0.394. The van der Waals surface area contributed by atoms with E-state index in [4.69, 9.17) is 10.5 Å². The van der Waals surface area contributed by atoms with Crippen LogP contribution in [0.4, 0.5) is 4.79 Å². The summed E-state index contributed by atoms with van der Waals surface area (Å²) in [7, 11) is 0. The fourth-order valence-corrected chi connectivity index (χ4v) is 2.86. The second-order valence-electron chi connectivity index (χ2n) is 5.95. The smallest absolute Gasteiger partial charge is 0.319 e. The Kier molecular flexibility index (Phi) is 3.96. The maximum atomic E-state index is 12.9. The largest absolute Gasteiger partial charge is 0.325 e. The second-order valence-corrected chi connectivity index (χ2v) is 5.95. The number of amides is 3. The molecule has 122 valence electrons. The van der Waals surface area contributed by atoms with Crippen LogP contribution in [-0.4, -0.2) is 16.8 Å². The van der Waals surface area contributed by atoms with Gasteiger partial charge >= 0.3 is 6.03 Å². The number of urea groups is 1. The van der Waals surface area contributed by atoms with Gasteiger partial charge in [-0.05, 0) is 42.3 Å². The Morgan fingerprint density at radius 3 is 2.36 bits per heavy atom. The number of hydrogen-bond acceptors (Lipinski definition) is 4. The molecule has 0 radical (unpaired) electrons. The first-order valence-corrected chi connectivity index (χ1v) is 7.62. The summed E-state index contributed by atoms with van der Waals surface area (Å²) < 4.78 is 0. The van der Waals surface area contributed by atoms with E-state index in [1.54, 1.807) is 55.5 Å². The van der Waals surface area contributed by atoms with Gasteiger partial charge in [0.1, 0.15) is 5.54 Å². The molecule has 1 fully saturated rings. The average Bonchev–Trinajstić information content (AvgIpc) is 2.86. The molecule has 1 N–H and O–H groups in total. The topological polar surface area (TPSA) is 97.0 Å². The van der Waals surface area contributed by atoms with Gasteiger partial charge in [0, 0.05) is 0 Å². The molecule has 1 aliphatic rings. The monoisotopic (exact) mass is 330 g/mol. The molecule has 3 rings (SSSR count). The Hall–Kier alpha value is -3.64. The van der Waals surface area contributed by atoms with Gasteiger partial charge in [0.25, 0.3) is 5.91 Å². The second kappa shape index (κ2) is 6.10. The Balaban J connectivity index is 1.91. The number of hydrogen-bond donors (Lipinski definition) is 1. The van der Waals surface area contributed by atoms with E-state index in [2.05, 4.69) is 5.32 Å². The molecule has 1 aliphatic heterocycles. The van der Waals surface area contributed by atoms with Crippen LogP contribution in [0.3, 0.4) is 0 Å². The van der Waals surface area contributed by atoms with Gasteiger partial charge in [-0.1, -0.05) is 24.3 Å². The molecule has 6 heteroatoms. The molecule has 25 heavy (non-hydrogen) atoms. The molecule has 1 atom stereocenters. The molecular formula is C19H14N4O2. The molecule has 1 heterocycles. The minimum Gasteiger partial charge on any atom is -0.319 e. The summed E-state index contributed by atoms with van der Waals surface area (Å²) in [6.45, 7) is 1.70. The Morgan fingerprint density at radius 1 is 1.04 bits per heavy atom. The number of rotatable bonds is 3. The minimum atomic E-state index is -1.23. The van der Waals surface area contributed by atoms with Gasteiger partial charge in [0.15, 0.2) is 0 Å². The van der Waals surface area contributed by atoms with Crippen molar-refractivity contribution in [2.45, 2.75) is 19.0 Å². The van der Waals surface area contributed by atoms with Gasteiger partial charge in [0.2, 0.25) is 0 Å². The third-order valence-electron chi connectivity index (χ3n) is 4.24. The maximum absolute atomic E-state index is 12.9. The van der Waals surface area contributed by atoms with Crippen molar-refractivity contribution in [3.63, 3.8) is 0 Å². The Labute approximate surface area is 144 Å². The van der Waals surface area contributed by atoms with E-state index >= 15 is 0 Å². The van der Waals surface area contributed by atoms with Crippen LogP contribution in [0, 0.1) is 22.7 Å². The van der Waals surface area contributed by atoms with Crippen molar-refractivity contribution in [2.75, 3.05) is 0 Å². The lowest BCUT2D eigenvalue weighted by Gasteiger charge is -2.22. The zero-order valence-electron chi connectivity index (χ0n) is 13.5. The van der Waals surface area contributed by atoms with Crippen molar-refractivity contribution >= 4 is 11.9 Å². The van der Waals surface area contributed by atoms with Crippen LogP contribution in [0.25, 0.3) is 0 Å². The van der Waals surface area contributed by atoms with Gasteiger partial charge in [-0.2, -0.15) is 10.5 Å². The number of nitrogens with one attached hydrogen (secondary N) is 1. The minimum absolute atomic E-state index is 0.0771. The maximum Gasteiger partial charge on any atom is 0.325 e. The van der Waals surface area contributed by atoms with Crippen LogP contribution in [0.1, 0.15) is 29.2 Å². The fourth-order valence-electron chi connectivity index (χ4n) is 2.86. The molecule has 0 bridgehead atoms. The van der Waals surface area contributed by atoms with Crippen molar-refractivity contribution < 1.29 is 9.59 Å². The predicted octanol–water partition coefficient (Wildman–Crippen LogP) is 2.40. The molecule has 0 saturated carbocycles. The SMILES string of the molecule is C[C@]1(c2cccc(C#N)c2)NC(=O)N(Cc2cccc(C#N)c2)C1=O. The number of carbonyl (C=O) groups excluding carboxylic acids is 2. The Bertz CT molecular complexity index is 954. The molecule has 1 saturated heterocycles. The van der Waals surface area contributed by atoms with Crippen molar-refractivity contribution in [3.05, 3.63) is 70.8 Å². The van der Waals surface area contributed by atoms with Crippen molar-refractivity contribution in [2.24, 2.45) is 0 Å². The molecule has 0 spiro atoms. The highest BCUT2D eigenvalue weighted by Crippen LogP contribution is 2.30. The van der Waals surface area contributed by atoms with Crippen LogP contribution >= 0.6 is 0 Å². The van der Waals surface area contributed by atoms with Crippen molar-refractivity contribution in [1.82, 2.24) is 10.2 Å². The summed E-state index contributed by atoms with van der Waals surface area (Å²) in [5.41, 5.74) is 0.905. The first-order valence-electron chi connectivity index (χ1n) is 7.62. The molecule has 2 aromatic carbocycles. The summed E-state index contributed by atoms with van der Waals surface area (Å²) in [4.78, 5) is 26.4. The predicted molar refractivity (Wildman–Crippen MR) is 88.7 cm³/mol. The molecule has 2 aromatic rings. The molecule has 6 nitrogen and oxygen atoms in total. The van der Waals surface area contributed by atoms with E-state index < -0.39 is 17.5 Å². The molecular weight excluding hydrogens is 316 g/mol. The molecule has 0 unspecified atom stereocenters. The van der Waals surface area contributed by atoms with Crippen LogP contribution in [0.2, 0.25) is 0 Å². The van der Waals surface area contributed by atoms with Gasteiger partial charge in [0.05, 0.1) is 29.8 Å². The highest BCUT2D eigenvalue weighted by molar-refractivity contribution is 6.07. The van der Waals surface area contributed by atoms with Gasteiger partial charge in [-0.25, -0.2) is 4.79 Å². The fraction of sp³-hybridized carbons (Fsp3) is 0.158. The van der Waals surface area contributed by atoms with E-state index in [1.807, 2.05) is 12.1 Å². The van der Waals surface area contributed by atoms with Gasteiger partial charge < -0.3 is 5.32 Å². The van der Waals surface area contributed by atoms with E-state index in [0.717, 1.165) is 4.90 Å². The third kappa shape index (κ3) is 2.82. The lowest BCUT2D eigenvalue weighted by molar-refractivity contribution is -0.131. The summed E-state index contributed by atoms with van der Waals surface area (Å²) in [5, 5.41) is 20.7. The third-order valence-corrected chi connectivity index (χ3v) is 4.24. The van der Waals surface area contributed by atoms with Crippen LogP contribution in [0.5, 0.6) is 0 Å². The summed E-state index contributed by atoms with van der Waals surface area (Å²) in [6, 6.07) is 17.0. The van der Waals surface area contributed by atoms with Gasteiger partial charge in [-0.15, -0.1) is 0 Å². The highest BCUT2D eigenvalue weighted by atomic mass is 16.2. The zero-order valence-corrected chi connectivity index (χ0v) is 13.5. The first-order chi connectivity index (χ1) is 12.0. The normalized spacial score (nSPS) is 19.2. The number of nitriles is 2. The van der Waals surface area contributed by atoms with Crippen molar-refractivity contribution in [1.29, 1.82) is 10.5 Å². The van der Waals surface area contributed by atoms with E-state index in [1.165, 1.54) is 0 Å². The zero-order chi connectivity index (χ0) is 18.0. The lowest BCUT2D eigenvalue weighted by atomic mass is 9.91.